The Morgan fingerprint density at radius 3 is 2.51 bits per heavy atom. The van der Waals surface area contributed by atoms with E-state index in [1.54, 1.807) is 24.4 Å². The number of nitrogens with zero attached hydrogens (tertiary/aromatic N) is 3. The first kappa shape index (κ1) is 23.6. The van der Waals surface area contributed by atoms with Gasteiger partial charge in [-0.2, -0.15) is 9.78 Å². The molecule has 1 fully saturated rings. The topological polar surface area (TPSA) is 56.5 Å². The molecule has 5 rings (SSSR count). The molecule has 5 nitrogen and oxygen atoms in total. The van der Waals surface area contributed by atoms with Gasteiger partial charge in [0.2, 0.25) is 0 Å². The predicted molar refractivity (Wildman–Crippen MR) is 142 cm³/mol. The number of rotatable bonds is 6. The molecule has 0 radical (unpaired) electrons. The molecule has 1 heterocycles. The molecule has 0 unspecified atom stereocenters. The second kappa shape index (κ2) is 10.6. The van der Waals surface area contributed by atoms with Gasteiger partial charge in [-0.3, -0.25) is 4.79 Å². The number of halogens is 2. The molecular formula is C28H25Cl2N3O2. The fourth-order valence-electron chi connectivity index (χ4n) is 4.45. The summed E-state index contributed by atoms with van der Waals surface area (Å²) in [5, 5.41) is 6.19. The zero-order valence-electron chi connectivity index (χ0n) is 19.2. The van der Waals surface area contributed by atoms with Gasteiger partial charge in [0.25, 0.3) is 5.56 Å². The summed E-state index contributed by atoms with van der Waals surface area (Å²) in [4.78, 5) is 18.2. The smallest absolute Gasteiger partial charge is 0.282 e. The number of para-hydroxylation sites is 1. The summed E-state index contributed by atoms with van der Waals surface area (Å²) in [6.07, 6.45) is 7.31. The summed E-state index contributed by atoms with van der Waals surface area (Å²) < 4.78 is 7.35. The first-order chi connectivity index (χ1) is 17.1. The van der Waals surface area contributed by atoms with E-state index in [-0.39, 0.29) is 11.5 Å². The second-order valence-corrected chi connectivity index (χ2v) is 9.60. The van der Waals surface area contributed by atoms with E-state index in [9.17, 15) is 4.79 Å². The highest BCUT2D eigenvalue weighted by Crippen LogP contribution is 2.31. The van der Waals surface area contributed by atoms with Crippen LogP contribution in [-0.4, -0.2) is 15.9 Å². The minimum absolute atomic E-state index is 0.131. The van der Waals surface area contributed by atoms with E-state index in [0.29, 0.717) is 22.0 Å². The van der Waals surface area contributed by atoms with Crippen LogP contribution < -0.4 is 10.3 Å². The fourth-order valence-corrected chi connectivity index (χ4v) is 4.77. The van der Waals surface area contributed by atoms with E-state index >= 15 is 0 Å². The average Bonchev–Trinajstić information content (AvgIpc) is 2.90. The molecule has 4 aromatic rings. The van der Waals surface area contributed by atoms with E-state index < -0.39 is 0 Å². The number of ether oxygens (including phenoxy) is 1. The number of aromatic nitrogens is 2. The van der Waals surface area contributed by atoms with Gasteiger partial charge in [-0.15, -0.1) is 0 Å². The molecule has 0 aliphatic heterocycles. The van der Waals surface area contributed by atoms with E-state index in [4.69, 9.17) is 32.9 Å². The summed E-state index contributed by atoms with van der Waals surface area (Å²) >= 11 is 12.0. The molecular weight excluding hydrogens is 481 g/mol. The third-order valence-electron chi connectivity index (χ3n) is 6.34. The first-order valence-corrected chi connectivity index (χ1v) is 12.6. The Morgan fingerprint density at radius 2 is 1.74 bits per heavy atom. The molecule has 178 valence electrons. The molecule has 1 aromatic heterocycles. The highest BCUT2D eigenvalue weighted by Gasteiger charge is 2.22. The monoisotopic (exact) mass is 505 g/mol. The minimum atomic E-state index is -0.131. The van der Waals surface area contributed by atoms with E-state index in [1.165, 1.54) is 11.1 Å². The summed E-state index contributed by atoms with van der Waals surface area (Å²) in [6.45, 7) is 0.382. The van der Waals surface area contributed by atoms with Crippen molar-refractivity contribution in [3.05, 3.63) is 104 Å². The lowest BCUT2D eigenvalue weighted by Gasteiger charge is -2.22. The van der Waals surface area contributed by atoms with Gasteiger partial charge >= 0.3 is 0 Å². The van der Waals surface area contributed by atoms with Gasteiger partial charge in [-0.05, 0) is 72.5 Å². The Morgan fingerprint density at radius 1 is 0.971 bits per heavy atom. The Balaban J connectivity index is 1.37. The van der Waals surface area contributed by atoms with Crippen LogP contribution in [-0.2, 0) is 6.61 Å². The summed E-state index contributed by atoms with van der Waals surface area (Å²) in [6, 6.07) is 20.5. The van der Waals surface area contributed by atoms with Crippen molar-refractivity contribution in [2.24, 2.45) is 5.10 Å². The highest BCUT2D eigenvalue weighted by molar-refractivity contribution is 6.42. The third kappa shape index (κ3) is 5.42. The Kier molecular flexibility index (Phi) is 7.16. The third-order valence-corrected chi connectivity index (χ3v) is 7.08. The lowest BCUT2D eigenvalue weighted by molar-refractivity contribution is 0.306. The van der Waals surface area contributed by atoms with Crippen molar-refractivity contribution in [1.82, 2.24) is 9.66 Å². The van der Waals surface area contributed by atoms with Crippen LogP contribution in [0.25, 0.3) is 10.9 Å². The summed E-state index contributed by atoms with van der Waals surface area (Å²) in [5.41, 5.74) is 2.40. The lowest BCUT2D eigenvalue weighted by Crippen LogP contribution is -2.25. The van der Waals surface area contributed by atoms with Crippen molar-refractivity contribution in [1.29, 1.82) is 0 Å². The van der Waals surface area contributed by atoms with E-state index in [2.05, 4.69) is 5.10 Å². The number of fused-ring (bicyclic) bond motifs is 1. The summed E-state index contributed by atoms with van der Waals surface area (Å²) in [5.74, 6) is 1.72. The van der Waals surface area contributed by atoms with Crippen molar-refractivity contribution in [3.8, 4) is 5.75 Å². The quantitative estimate of drug-likeness (QED) is 0.260. The number of hydrogen-bond acceptors (Lipinski definition) is 4. The molecule has 7 heteroatoms. The van der Waals surface area contributed by atoms with Gasteiger partial charge in [-0.1, -0.05) is 60.7 Å². The van der Waals surface area contributed by atoms with Crippen molar-refractivity contribution in [2.45, 2.75) is 44.6 Å². The van der Waals surface area contributed by atoms with Gasteiger partial charge < -0.3 is 4.74 Å². The zero-order valence-corrected chi connectivity index (χ0v) is 20.7. The van der Waals surface area contributed by atoms with Gasteiger partial charge in [0.05, 0.1) is 27.2 Å². The van der Waals surface area contributed by atoms with Crippen molar-refractivity contribution < 1.29 is 4.74 Å². The Hall–Kier alpha value is -3.15. The van der Waals surface area contributed by atoms with Gasteiger partial charge in [-0.25, -0.2) is 4.98 Å². The maximum atomic E-state index is 13.3. The molecule has 0 spiro atoms. The van der Waals surface area contributed by atoms with E-state index in [0.717, 1.165) is 53.9 Å². The van der Waals surface area contributed by atoms with E-state index in [1.807, 2.05) is 48.5 Å². The van der Waals surface area contributed by atoms with Crippen LogP contribution in [0.3, 0.4) is 0 Å². The van der Waals surface area contributed by atoms with Crippen LogP contribution in [0, 0.1) is 0 Å². The van der Waals surface area contributed by atoms with Crippen LogP contribution in [0.1, 0.15) is 55.0 Å². The minimum Gasteiger partial charge on any atom is -0.489 e. The predicted octanol–water partition coefficient (Wildman–Crippen LogP) is 7.21. The van der Waals surface area contributed by atoms with Gasteiger partial charge in [0, 0.05) is 5.92 Å². The molecule has 0 saturated heterocycles. The number of hydrogen-bond donors (Lipinski definition) is 0. The number of benzene rings is 3. The molecule has 3 aromatic carbocycles. The molecule has 0 N–H and O–H groups in total. The van der Waals surface area contributed by atoms with Crippen molar-refractivity contribution in [3.63, 3.8) is 0 Å². The molecule has 1 aliphatic rings. The van der Waals surface area contributed by atoms with Crippen LogP contribution in [0.5, 0.6) is 5.75 Å². The van der Waals surface area contributed by atoms with Crippen LogP contribution >= 0.6 is 23.2 Å². The Labute approximate surface area is 214 Å². The van der Waals surface area contributed by atoms with Gasteiger partial charge in [0.15, 0.2) is 0 Å². The average molecular weight is 506 g/mol. The maximum absolute atomic E-state index is 13.3. The molecule has 0 amide bonds. The SMILES string of the molecule is O=c1c2ccccc2nc(C2CCCCC2)n1N=Cc1ccc(OCc2ccc(Cl)c(Cl)c2)cc1. The largest absolute Gasteiger partial charge is 0.489 e. The molecule has 0 bridgehead atoms. The normalized spacial score (nSPS) is 14.6. The lowest BCUT2D eigenvalue weighted by atomic mass is 9.88. The van der Waals surface area contributed by atoms with Crippen LogP contribution in [0.2, 0.25) is 10.0 Å². The van der Waals surface area contributed by atoms with Crippen molar-refractivity contribution >= 4 is 40.3 Å². The zero-order chi connectivity index (χ0) is 24.2. The first-order valence-electron chi connectivity index (χ1n) is 11.8. The summed E-state index contributed by atoms with van der Waals surface area (Å²) in [7, 11) is 0. The maximum Gasteiger partial charge on any atom is 0.282 e. The Bertz CT molecular complexity index is 1420. The fraction of sp³-hybridized carbons (Fsp3) is 0.250. The van der Waals surface area contributed by atoms with Crippen molar-refractivity contribution in [2.75, 3.05) is 0 Å². The molecule has 0 atom stereocenters. The van der Waals surface area contributed by atoms with Crippen LogP contribution in [0.4, 0.5) is 0 Å². The molecule has 1 aliphatic carbocycles. The standard InChI is InChI=1S/C28H25Cl2N3O2/c29-24-15-12-20(16-25(24)30)18-35-22-13-10-19(11-14-22)17-31-33-27(21-6-2-1-3-7-21)32-26-9-5-4-8-23(26)28(33)34/h4-5,8-17,21H,1-3,6-7,18H2. The second-order valence-electron chi connectivity index (χ2n) is 8.79. The molecule has 1 saturated carbocycles. The van der Waals surface area contributed by atoms with Crippen LogP contribution in [0.15, 0.2) is 76.6 Å². The van der Waals surface area contributed by atoms with Gasteiger partial charge in [0.1, 0.15) is 18.2 Å². The highest BCUT2D eigenvalue weighted by atomic mass is 35.5. The molecule has 35 heavy (non-hydrogen) atoms.